The predicted octanol–water partition coefficient (Wildman–Crippen LogP) is 0.867. The van der Waals surface area contributed by atoms with Gasteiger partial charge in [-0.25, -0.2) is 0 Å². The maximum absolute atomic E-state index is 11.9. The molecule has 2 rings (SSSR count). The molecule has 0 saturated carbocycles. The van der Waals surface area contributed by atoms with E-state index in [0.29, 0.717) is 18.7 Å². The third kappa shape index (κ3) is 4.52. The van der Waals surface area contributed by atoms with Crippen LogP contribution in [0.2, 0.25) is 0 Å². The molecule has 1 aromatic rings. The Kier molecular flexibility index (Phi) is 5.26. The molecule has 2 heterocycles. The molecule has 0 bridgehead atoms. The molecule has 0 radical (unpaired) electrons. The second-order valence-corrected chi connectivity index (χ2v) is 5.27. The van der Waals surface area contributed by atoms with E-state index in [4.69, 9.17) is 9.63 Å². The van der Waals surface area contributed by atoms with Crippen molar-refractivity contribution in [3.63, 3.8) is 0 Å². The zero-order valence-electron chi connectivity index (χ0n) is 12.0. The largest absolute Gasteiger partial charge is 0.481 e. The number of nitrogens with one attached hydrogen (secondary N) is 2. The van der Waals surface area contributed by atoms with Crippen LogP contribution >= 0.6 is 0 Å². The van der Waals surface area contributed by atoms with Gasteiger partial charge < -0.3 is 20.3 Å². The van der Waals surface area contributed by atoms with Crippen LogP contribution in [0.4, 0.5) is 0 Å². The fourth-order valence-corrected chi connectivity index (χ4v) is 2.28. The molecular formula is C13H20N4O4. The summed E-state index contributed by atoms with van der Waals surface area (Å²) in [4.78, 5) is 26.5. The second kappa shape index (κ2) is 7.16. The first-order chi connectivity index (χ1) is 10.1. The Morgan fingerprint density at radius 2 is 2.38 bits per heavy atom. The van der Waals surface area contributed by atoms with Crippen LogP contribution in [0, 0.1) is 0 Å². The van der Waals surface area contributed by atoms with Crippen molar-refractivity contribution in [3.8, 4) is 0 Å². The van der Waals surface area contributed by atoms with Crippen molar-refractivity contribution in [1.29, 1.82) is 0 Å². The first kappa shape index (κ1) is 15.4. The van der Waals surface area contributed by atoms with Crippen molar-refractivity contribution in [2.24, 2.45) is 0 Å². The first-order valence-electron chi connectivity index (χ1n) is 7.16. The molecule has 116 valence electrons. The number of nitrogens with zero attached hydrogens (tertiary/aromatic N) is 2. The van der Waals surface area contributed by atoms with Crippen molar-refractivity contribution >= 4 is 11.9 Å². The zero-order valence-corrected chi connectivity index (χ0v) is 12.0. The van der Waals surface area contributed by atoms with Crippen LogP contribution in [0.5, 0.6) is 0 Å². The Bertz CT molecular complexity index is 496. The van der Waals surface area contributed by atoms with Gasteiger partial charge in [-0.05, 0) is 39.2 Å². The van der Waals surface area contributed by atoms with Crippen molar-refractivity contribution in [2.45, 2.75) is 51.1 Å². The summed E-state index contributed by atoms with van der Waals surface area (Å²) in [6.45, 7) is 2.73. The fraction of sp³-hybridized carbons (Fsp3) is 0.692. The van der Waals surface area contributed by atoms with Gasteiger partial charge in [-0.15, -0.1) is 0 Å². The minimum atomic E-state index is -0.833. The maximum atomic E-state index is 11.9. The maximum Gasteiger partial charge on any atom is 0.303 e. The average Bonchev–Trinajstić information content (AvgIpc) is 3.09. The quantitative estimate of drug-likeness (QED) is 0.683. The molecule has 1 aromatic heterocycles. The topological polar surface area (TPSA) is 117 Å². The molecule has 8 nitrogen and oxygen atoms in total. The average molecular weight is 296 g/mol. The Morgan fingerprint density at radius 3 is 3.05 bits per heavy atom. The first-order valence-corrected chi connectivity index (χ1v) is 7.16. The summed E-state index contributed by atoms with van der Waals surface area (Å²) in [5.74, 6) is -0.772. The van der Waals surface area contributed by atoms with Crippen molar-refractivity contribution in [1.82, 2.24) is 20.8 Å². The van der Waals surface area contributed by atoms with Gasteiger partial charge >= 0.3 is 5.97 Å². The van der Waals surface area contributed by atoms with E-state index in [2.05, 4.69) is 20.8 Å². The molecule has 0 aliphatic carbocycles. The molecule has 1 aliphatic heterocycles. The van der Waals surface area contributed by atoms with Crippen molar-refractivity contribution < 1.29 is 19.2 Å². The number of carbonyl (C=O) groups excluding carboxylic acids is 1. The molecule has 2 atom stereocenters. The molecule has 3 N–H and O–H groups in total. The summed E-state index contributed by atoms with van der Waals surface area (Å²) in [6, 6.07) is -0.101. The monoisotopic (exact) mass is 296 g/mol. The third-order valence-corrected chi connectivity index (χ3v) is 3.41. The van der Waals surface area contributed by atoms with Gasteiger partial charge in [0.15, 0.2) is 0 Å². The summed E-state index contributed by atoms with van der Waals surface area (Å²) >= 11 is 0. The number of hydrogen-bond donors (Lipinski definition) is 3. The smallest absolute Gasteiger partial charge is 0.303 e. The van der Waals surface area contributed by atoms with E-state index in [9.17, 15) is 9.59 Å². The molecule has 21 heavy (non-hydrogen) atoms. The lowest BCUT2D eigenvalue weighted by atomic mass is 10.1. The van der Waals surface area contributed by atoms with Gasteiger partial charge in [0.2, 0.25) is 5.89 Å². The summed E-state index contributed by atoms with van der Waals surface area (Å²) in [5.41, 5.74) is 0. The molecule has 1 saturated heterocycles. The van der Waals surface area contributed by atoms with Crippen LogP contribution in [0.15, 0.2) is 4.52 Å². The second-order valence-electron chi connectivity index (χ2n) is 5.27. The number of aliphatic carboxylic acids is 1. The van der Waals surface area contributed by atoms with Crippen molar-refractivity contribution in [2.75, 3.05) is 6.54 Å². The summed E-state index contributed by atoms with van der Waals surface area (Å²) in [5, 5.41) is 18.2. The fourth-order valence-electron chi connectivity index (χ4n) is 2.28. The normalized spacial score (nSPS) is 19.4. The van der Waals surface area contributed by atoms with E-state index in [1.807, 2.05) is 6.92 Å². The number of aromatic nitrogens is 2. The molecule has 2 unspecified atom stereocenters. The number of carboxylic acids is 1. The van der Waals surface area contributed by atoms with Gasteiger partial charge in [-0.2, -0.15) is 4.98 Å². The van der Waals surface area contributed by atoms with E-state index in [1.165, 1.54) is 0 Å². The lowest BCUT2D eigenvalue weighted by Crippen LogP contribution is -2.33. The Hall–Kier alpha value is -1.96. The van der Waals surface area contributed by atoms with Gasteiger partial charge in [0.25, 0.3) is 11.7 Å². The van der Waals surface area contributed by atoms with Gasteiger partial charge in [-0.1, -0.05) is 5.16 Å². The number of amides is 1. The molecule has 1 amide bonds. The third-order valence-electron chi connectivity index (χ3n) is 3.41. The predicted molar refractivity (Wildman–Crippen MR) is 72.7 cm³/mol. The van der Waals surface area contributed by atoms with E-state index < -0.39 is 11.9 Å². The van der Waals surface area contributed by atoms with Gasteiger partial charge in [0, 0.05) is 12.5 Å². The Labute approximate surface area is 122 Å². The minimum absolute atomic E-state index is 0.0174. The van der Waals surface area contributed by atoms with Crippen molar-refractivity contribution in [3.05, 3.63) is 11.7 Å². The highest BCUT2D eigenvalue weighted by Gasteiger charge is 2.24. The molecule has 1 aliphatic rings. The van der Waals surface area contributed by atoms with Gasteiger partial charge in [-0.3, -0.25) is 9.59 Å². The Balaban J connectivity index is 1.81. The lowest BCUT2D eigenvalue weighted by Gasteiger charge is -2.11. The molecular weight excluding hydrogens is 276 g/mol. The number of carbonyl (C=O) groups is 2. The highest BCUT2D eigenvalue weighted by Crippen LogP contribution is 2.20. The van der Waals surface area contributed by atoms with Crippen LogP contribution in [0.1, 0.15) is 61.6 Å². The molecule has 1 fully saturated rings. The number of rotatable bonds is 7. The van der Waals surface area contributed by atoms with E-state index >= 15 is 0 Å². The highest BCUT2D eigenvalue weighted by atomic mass is 16.5. The number of carboxylic acid groups (broad SMARTS) is 1. The van der Waals surface area contributed by atoms with Crippen LogP contribution < -0.4 is 10.6 Å². The van der Waals surface area contributed by atoms with Crippen LogP contribution in [-0.2, 0) is 4.79 Å². The summed E-state index contributed by atoms with van der Waals surface area (Å²) in [6.07, 6.45) is 3.18. The highest BCUT2D eigenvalue weighted by molar-refractivity contribution is 5.90. The van der Waals surface area contributed by atoms with Crippen LogP contribution in [0.3, 0.4) is 0 Å². The number of hydrogen-bond acceptors (Lipinski definition) is 6. The standard InChI is InChI=1S/C13H20N4O4/c1-8(4-2-6-10(18)19)15-12(20)11-16-13(21-17-11)9-5-3-7-14-9/h8-9,14H,2-7H2,1H3,(H,15,20)(H,18,19). The van der Waals surface area contributed by atoms with Crippen LogP contribution in [-0.4, -0.2) is 39.7 Å². The van der Waals surface area contributed by atoms with E-state index in [0.717, 1.165) is 19.4 Å². The van der Waals surface area contributed by atoms with E-state index in [1.54, 1.807) is 0 Å². The SMILES string of the molecule is CC(CCCC(=O)O)NC(=O)c1noc(C2CCCN2)n1. The minimum Gasteiger partial charge on any atom is -0.481 e. The molecule has 8 heteroatoms. The lowest BCUT2D eigenvalue weighted by molar-refractivity contribution is -0.137. The zero-order chi connectivity index (χ0) is 15.2. The summed E-state index contributed by atoms with van der Waals surface area (Å²) < 4.78 is 5.10. The molecule has 0 aromatic carbocycles. The summed E-state index contributed by atoms with van der Waals surface area (Å²) in [7, 11) is 0. The molecule has 0 spiro atoms. The van der Waals surface area contributed by atoms with Gasteiger partial charge in [0.1, 0.15) is 0 Å². The van der Waals surface area contributed by atoms with E-state index in [-0.39, 0.29) is 24.3 Å². The Morgan fingerprint density at radius 1 is 1.57 bits per heavy atom. The van der Waals surface area contributed by atoms with Gasteiger partial charge in [0.05, 0.1) is 6.04 Å². The van der Waals surface area contributed by atoms with Crippen LogP contribution in [0.25, 0.3) is 0 Å².